The van der Waals surface area contributed by atoms with Gasteiger partial charge in [0.1, 0.15) is 24.0 Å². The zero-order valence-electron chi connectivity index (χ0n) is 36.5. The van der Waals surface area contributed by atoms with Crippen LogP contribution in [-0.2, 0) is 12.5 Å². The van der Waals surface area contributed by atoms with E-state index in [0.717, 1.165) is 56.8 Å². The van der Waals surface area contributed by atoms with Gasteiger partial charge < -0.3 is 19.1 Å². The highest BCUT2D eigenvalue weighted by atomic mass is 16.5. The summed E-state index contributed by atoms with van der Waals surface area (Å²) in [7, 11) is 2.17. The van der Waals surface area contributed by atoms with Crippen LogP contribution >= 0.6 is 0 Å². The summed E-state index contributed by atoms with van der Waals surface area (Å²) < 4.78 is 12.0. The van der Waals surface area contributed by atoms with Crippen molar-refractivity contribution in [1.82, 2.24) is 14.1 Å². The van der Waals surface area contributed by atoms with Gasteiger partial charge in [0.25, 0.3) is 0 Å². The molecule has 6 heteroatoms. The Morgan fingerprint density at radius 2 is 1.14 bits per heavy atom. The van der Waals surface area contributed by atoms with E-state index >= 15 is 0 Å². The maximum Gasteiger partial charge on any atom is 0.139 e. The summed E-state index contributed by atoms with van der Waals surface area (Å²) in [4.78, 5) is 10.0. The molecule has 1 aliphatic heterocycles. The minimum Gasteiger partial charge on any atom is -0.456 e. The molecule has 0 radical (unpaired) electrons. The minimum atomic E-state index is -0.0117. The Hall–Kier alpha value is -7.31. The lowest BCUT2D eigenvalue weighted by Gasteiger charge is -2.62. The Morgan fingerprint density at radius 1 is 0.508 bits per heavy atom. The highest BCUT2D eigenvalue weighted by Gasteiger charge is 2.58. The molecule has 10 aromatic rings. The molecule has 15 rings (SSSR count). The van der Waals surface area contributed by atoms with E-state index in [2.05, 4.69) is 208 Å². The fourth-order valence-corrected chi connectivity index (χ4v) is 13.7. The standard InChI is InChI=1S/C59H49N5O/c1-61-50-20-10-9-19-49(50)58-55(61)34-45(63-37-62(44-16-6-3-7-17-44)52-22-12-13-23-53(52)63)35-56(58)65-46-24-25-48-47-18-8-11-21-51(47)64(54(48)36-46)57-33-41(26-27-60-57)59(40-14-4-2-5-15-40)42-29-38-28-39(31-42)32-43(59)30-38/h2-27,33-36,38-39,42-43H,28-32,37H2,1H3. The van der Waals surface area contributed by atoms with Crippen LogP contribution < -0.4 is 14.5 Å². The molecule has 0 amide bonds. The Balaban J connectivity index is 0.924. The molecule has 0 N–H and O–H groups in total. The number of pyridine rings is 1. The molecule has 0 atom stereocenters. The molecular weight excluding hydrogens is 795 g/mol. The first kappa shape index (κ1) is 37.1. The van der Waals surface area contributed by atoms with Crippen LogP contribution in [0.25, 0.3) is 49.4 Å². The Kier molecular flexibility index (Phi) is 8.04. The molecule has 0 unspecified atom stereocenters. The van der Waals surface area contributed by atoms with Gasteiger partial charge in [-0.3, -0.25) is 4.57 Å². The lowest BCUT2D eigenvalue weighted by molar-refractivity contribution is -0.0418. The second-order valence-corrected chi connectivity index (χ2v) is 19.3. The number of ether oxygens (including phenoxy) is 1. The van der Waals surface area contributed by atoms with E-state index in [1.807, 2.05) is 0 Å². The average molecular weight is 844 g/mol. The molecule has 7 aromatic carbocycles. The third-order valence-electron chi connectivity index (χ3n) is 16.1. The number of aryl methyl sites for hydroxylation is 1. The predicted molar refractivity (Wildman–Crippen MR) is 265 cm³/mol. The van der Waals surface area contributed by atoms with Crippen molar-refractivity contribution in [2.75, 3.05) is 16.5 Å². The first-order chi connectivity index (χ1) is 32.1. The summed E-state index contributed by atoms with van der Waals surface area (Å²) in [5.74, 6) is 5.62. The summed E-state index contributed by atoms with van der Waals surface area (Å²) in [5.41, 5.74) is 12.0. The molecule has 4 heterocycles. The molecular formula is C59H49N5O. The van der Waals surface area contributed by atoms with Crippen molar-refractivity contribution < 1.29 is 4.74 Å². The number of aromatic nitrogens is 3. The summed E-state index contributed by atoms with van der Waals surface area (Å²) in [5, 5.41) is 4.68. The van der Waals surface area contributed by atoms with Crippen LogP contribution in [0.15, 0.2) is 182 Å². The van der Waals surface area contributed by atoms with Gasteiger partial charge in [-0.1, -0.05) is 97.1 Å². The summed E-state index contributed by atoms with van der Waals surface area (Å²) in [6.45, 7) is 0.685. The fourth-order valence-electron chi connectivity index (χ4n) is 13.7. The summed E-state index contributed by atoms with van der Waals surface area (Å²) in [6, 6.07) is 64.4. The van der Waals surface area contributed by atoms with Crippen molar-refractivity contribution in [3.63, 3.8) is 0 Å². The third kappa shape index (κ3) is 5.43. The molecule has 0 saturated heterocycles. The normalized spacial score (nSPS) is 22.2. The topological polar surface area (TPSA) is 38.5 Å². The van der Waals surface area contributed by atoms with Crippen molar-refractivity contribution >= 4 is 66.4 Å². The van der Waals surface area contributed by atoms with Gasteiger partial charge in [0.05, 0.1) is 33.3 Å². The number of benzene rings is 7. The smallest absolute Gasteiger partial charge is 0.139 e. The number of hydrogen-bond acceptors (Lipinski definition) is 4. The van der Waals surface area contributed by atoms with Crippen LogP contribution in [0.3, 0.4) is 0 Å². The fraction of sp³-hybridized carbons (Fsp3) is 0.203. The van der Waals surface area contributed by atoms with E-state index in [1.165, 1.54) is 82.0 Å². The first-order valence-corrected chi connectivity index (χ1v) is 23.5. The van der Waals surface area contributed by atoms with E-state index in [1.54, 1.807) is 0 Å². The van der Waals surface area contributed by atoms with E-state index in [-0.39, 0.29) is 5.41 Å². The lowest BCUT2D eigenvalue weighted by Crippen LogP contribution is -2.56. The number of fused-ring (bicyclic) bond motifs is 7. The van der Waals surface area contributed by atoms with Crippen LogP contribution in [0.1, 0.15) is 43.2 Å². The largest absolute Gasteiger partial charge is 0.456 e. The average Bonchev–Trinajstić information content (AvgIpc) is 4.00. The van der Waals surface area contributed by atoms with Gasteiger partial charge >= 0.3 is 0 Å². The molecule has 65 heavy (non-hydrogen) atoms. The number of nitrogens with zero attached hydrogens (tertiary/aromatic N) is 5. The van der Waals surface area contributed by atoms with Crippen molar-refractivity contribution in [2.24, 2.45) is 30.7 Å². The maximum atomic E-state index is 7.28. The molecule has 4 saturated carbocycles. The zero-order chi connectivity index (χ0) is 42.8. The first-order valence-electron chi connectivity index (χ1n) is 23.5. The van der Waals surface area contributed by atoms with Crippen molar-refractivity contribution in [1.29, 1.82) is 0 Å². The minimum absolute atomic E-state index is 0.0117. The van der Waals surface area contributed by atoms with E-state index in [9.17, 15) is 0 Å². The third-order valence-corrected chi connectivity index (χ3v) is 16.1. The molecule has 3 aromatic heterocycles. The Labute approximate surface area is 378 Å². The number of rotatable bonds is 7. The van der Waals surface area contributed by atoms with Crippen LogP contribution in [0.4, 0.5) is 22.7 Å². The molecule has 316 valence electrons. The Bertz CT molecular complexity index is 3470. The van der Waals surface area contributed by atoms with Crippen molar-refractivity contribution in [2.45, 2.75) is 37.5 Å². The quantitative estimate of drug-likeness (QED) is 0.160. The number of anilines is 4. The van der Waals surface area contributed by atoms with Gasteiger partial charge in [0, 0.05) is 63.8 Å². The Morgan fingerprint density at radius 3 is 1.89 bits per heavy atom. The predicted octanol–water partition coefficient (Wildman–Crippen LogP) is 14.6. The van der Waals surface area contributed by atoms with Crippen LogP contribution in [0.2, 0.25) is 0 Å². The lowest BCUT2D eigenvalue weighted by atomic mass is 9.42. The molecule has 5 aliphatic rings. The van der Waals surface area contributed by atoms with Gasteiger partial charge in [-0.25, -0.2) is 4.98 Å². The van der Waals surface area contributed by atoms with Crippen molar-refractivity contribution in [3.05, 3.63) is 193 Å². The van der Waals surface area contributed by atoms with Crippen LogP contribution in [-0.4, -0.2) is 20.8 Å². The molecule has 4 bridgehead atoms. The number of hydrogen-bond donors (Lipinski definition) is 0. The van der Waals surface area contributed by atoms with Crippen molar-refractivity contribution in [3.8, 4) is 17.3 Å². The molecule has 4 aliphatic carbocycles. The number of para-hydroxylation sites is 5. The zero-order valence-corrected chi connectivity index (χ0v) is 36.5. The summed E-state index contributed by atoms with van der Waals surface area (Å²) in [6.07, 6.45) is 8.83. The highest BCUT2D eigenvalue weighted by molar-refractivity contribution is 6.13. The molecule has 0 spiro atoms. The van der Waals surface area contributed by atoms with Gasteiger partial charge in [-0.2, -0.15) is 0 Å². The van der Waals surface area contributed by atoms with Gasteiger partial charge in [0.15, 0.2) is 0 Å². The SMILES string of the molecule is Cn1c2ccccc2c2c(Oc3ccc4c5ccccc5n(-c5cc(C6(c7ccccc7)C7CC8CC(C7)CC6C8)ccn5)c4c3)cc(N3CN(c4ccccc4)c4ccccc43)cc21. The van der Waals surface area contributed by atoms with Crippen LogP contribution in [0.5, 0.6) is 11.5 Å². The van der Waals surface area contributed by atoms with Gasteiger partial charge in [-0.05, 0) is 134 Å². The second-order valence-electron chi connectivity index (χ2n) is 19.3. The van der Waals surface area contributed by atoms with E-state index in [0.29, 0.717) is 18.5 Å². The van der Waals surface area contributed by atoms with Gasteiger partial charge in [0.2, 0.25) is 0 Å². The van der Waals surface area contributed by atoms with Gasteiger partial charge in [-0.15, -0.1) is 0 Å². The van der Waals surface area contributed by atoms with Crippen LogP contribution in [0, 0.1) is 23.7 Å². The maximum absolute atomic E-state index is 7.28. The molecule has 6 nitrogen and oxygen atoms in total. The monoisotopic (exact) mass is 843 g/mol. The second kappa shape index (κ2) is 14.1. The van der Waals surface area contributed by atoms with E-state index in [4.69, 9.17) is 9.72 Å². The molecule has 4 fully saturated rings. The van der Waals surface area contributed by atoms with E-state index < -0.39 is 0 Å². The summed E-state index contributed by atoms with van der Waals surface area (Å²) >= 11 is 0. The highest BCUT2D eigenvalue weighted by Crippen LogP contribution is 2.65.